The molecule has 4 rings (SSSR count). The molecule has 0 amide bonds. The van der Waals surface area contributed by atoms with Gasteiger partial charge in [-0.2, -0.15) is 13.2 Å². The van der Waals surface area contributed by atoms with Crippen LogP contribution >= 0.6 is 0 Å². The average Bonchev–Trinajstić information content (AvgIpc) is 2.86. The summed E-state index contributed by atoms with van der Waals surface area (Å²) in [6, 6.07) is 19.1. The largest absolute Gasteiger partial charge is 0.478 e. The van der Waals surface area contributed by atoms with Gasteiger partial charge in [0, 0.05) is 5.39 Å². The summed E-state index contributed by atoms with van der Waals surface area (Å²) in [4.78, 5) is 0. The molecule has 0 saturated heterocycles. The van der Waals surface area contributed by atoms with Crippen LogP contribution in [0.1, 0.15) is 36.5 Å². The van der Waals surface area contributed by atoms with Crippen molar-refractivity contribution in [3.8, 4) is 16.9 Å². The van der Waals surface area contributed by atoms with E-state index in [2.05, 4.69) is 35.9 Å². The zero-order valence-electron chi connectivity index (χ0n) is 20.3. The summed E-state index contributed by atoms with van der Waals surface area (Å²) in [5.74, 6) is -3.96. The Kier molecular flexibility index (Phi) is 8.10. The first kappa shape index (κ1) is 26.6. The number of alkyl halides is 3. The quantitative estimate of drug-likeness (QED) is 0.202. The molecule has 0 atom stereocenters. The smallest absolute Gasteiger partial charge is 0.422 e. The molecule has 0 unspecified atom stereocenters. The van der Waals surface area contributed by atoms with Gasteiger partial charge >= 0.3 is 6.18 Å². The van der Waals surface area contributed by atoms with Gasteiger partial charge in [0.1, 0.15) is 5.82 Å². The number of rotatable bonds is 9. The third kappa shape index (κ3) is 6.64. The zero-order chi connectivity index (χ0) is 26.6. The lowest BCUT2D eigenvalue weighted by Gasteiger charge is -2.12. The van der Waals surface area contributed by atoms with Gasteiger partial charge in [-0.15, -0.1) is 0 Å². The van der Waals surface area contributed by atoms with Gasteiger partial charge in [0.2, 0.25) is 0 Å². The Balaban J connectivity index is 1.48. The molecule has 0 aliphatic heterocycles. The van der Waals surface area contributed by atoms with Crippen LogP contribution in [-0.4, -0.2) is 12.8 Å². The van der Waals surface area contributed by atoms with E-state index in [0.717, 1.165) is 47.9 Å². The van der Waals surface area contributed by atoms with E-state index in [1.807, 2.05) is 18.2 Å². The SMILES string of the molecule is CCCCc1ccc(-c2ccc3c(F)c(CCc4cc(F)c(OCC(F)(F)F)c(F)c4)ccc3c2)cc1. The Morgan fingerprint density at radius 3 is 2.03 bits per heavy atom. The minimum absolute atomic E-state index is 0.0955. The highest BCUT2D eigenvalue weighted by Crippen LogP contribution is 2.30. The summed E-state index contributed by atoms with van der Waals surface area (Å²) < 4.78 is 84.7. The second-order valence-corrected chi connectivity index (χ2v) is 9.07. The van der Waals surface area contributed by atoms with Crippen molar-refractivity contribution in [2.24, 2.45) is 0 Å². The third-order valence-corrected chi connectivity index (χ3v) is 6.26. The summed E-state index contributed by atoms with van der Waals surface area (Å²) in [6.45, 7) is 0.361. The number of aryl methyl sites for hydroxylation is 3. The van der Waals surface area contributed by atoms with E-state index in [4.69, 9.17) is 0 Å². The molecule has 0 aromatic heterocycles. The number of hydrogen-bond acceptors (Lipinski definition) is 1. The first-order valence-corrected chi connectivity index (χ1v) is 12.1. The molecule has 0 heterocycles. The van der Waals surface area contributed by atoms with Crippen LogP contribution in [-0.2, 0) is 19.3 Å². The number of fused-ring (bicyclic) bond motifs is 1. The molecule has 0 aliphatic carbocycles. The lowest BCUT2D eigenvalue weighted by molar-refractivity contribution is -0.154. The molecule has 0 N–H and O–H groups in total. The molecule has 0 bridgehead atoms. The third-order valence-electron chi connectivity index (χ3n) is 6.26. The molecular weight excluding hydrogens is 490 g/mol. The number of halogens is 6. The predicted octanol–water partition coefficient (Wildman–Crippen LogP) is 8.99. The Hall–Kier alpha value is -3.48. The van der Waals surface area contributed by atoms with Crippen molar-refractivity contribution in [3.63, 3.8) is 0 Å². The van der Waals surface area contributed by atoms with Crippen molar-refractivity contribution in [3.05, 3.63) is 101 Å². The molecule has 0 spiro atoms. The second-order valence-electron chi connectivity index (χ2n) is 9.07. The van der Waals surface area contributed by atoms with E-state index >= 15 is 4.39 Å². The fraction of sp³-hybridized carbons (Fsp3) is 0.267. The van der Waals surface area contributed by atoms with Gasteiger partial charge < -0.3 is 4.74 Å². The van der Waals surface area contributed by atoms with Gasteiger partial charge in [-0.25, -0.2) is 13.2 Å². The zero-order valence-corrected chi connectivity index (χ0v) is 20.3. The monoisotopic (exact) mass is 516 g/mol. The van der Waals surface area contributed by atoms with Crippen LogP contribution < -0.4 is 4.74 Å². The van der Waals surface area contributed by atoms with E-state index in [0.29, 0.717) is 10.9 Å². The van der Waals surface area contributed by atoms with Gasteiger partial charge in [-0.3, -0.25) is 0 Å². The van der Waals surface area contributed by atoms with Crippen molar-refractivity contribution in [1.82, 2.24) is 0 Å². The van der Waals surface area contributed by atoms with Crippen LogP contribution in [0.4, 0.5) is 26.3 Å². The summed E-state index contributed by atoms with van der Waals surface area (Å²) in [6.07, 6.45) is -1.14. The van der Waals surface area contributed by atoms with Crippen molar-refractivity contribution in [2.75, 3.05) is 6.61 Å². The maximum atomic E-state index is 15.2. The van der Waals surface area contributed by atoms with Gasteiger partial charge in [0.25, 0.3) is 0 Å². The highest BCUT2D eigenvalue weighted by atomic mass is 19.4. The molecule has 4 aromatic carbocycles. The van der Waals surface area contributed by atoms with Crippen LogP contribution in [0.3, 0.4) is 0 Å². The molecule has 0 radical (unpaired) electrons. The molecule has 7 heteroatoms. The summed E-state index contributed by atoms with van der Waals surface area (Å²) >= 11 is 0. The summed E-state index contributed by atoms with van der Waals surface area (Å²) in [5, 5.41) is 1.17. The van der Waals surface area contributed by atoms with E-state index in [9.17, 15) is 22.0 Å². The van der Waals surface area contributed by atoms with Crippen LogP contribution in [0.25, 0.3) is 21.9 Å². The maximum Gasteiger partial charge on any atom is 0.422 e. The van der Waals surface area contributed by atoms with E-state index in [-0.39, 0.29) is 18.4 Å². The topological polar surface area (TPSA) is 9.23 Å². The van der Waals surface area contributed by atoms with Gasteiger partial charge in [0.15, 0.2) is 24.0 Å². The van der Waals surface area contributed by atoms with Crippen LogP contribution in [0.15, 0.2) is 66.7 Å². The molecule has 1 nitrogen and oxygen atoms in total. The Labute approximate surface area is 211 Å². The van der Waals surface area contributed by atoms with Crippen LogP contribution in [0.2, 0.25) is 0 Å². The lowest BCUT2D eigenvalue weighted by atomic mass is 9.96. The minimum atomic E-state index is -4.72. The molecule has 4 aromatic rings. The molecular formula is C30H26F6O. The Morgan fingerprint density at radius 2 is 1.38 bits per heavy atom. The van der Waals surface area contributed by atoms with Crippen molar-refractivity contribution in [2.45, 2.75) is 45.2 Å². The molecule has 0 saturated carbocycles. The summed E-state index contributed by atoms with van der Waals surface area (Å²) in [5.41, 5.74) is 3.86. The standard InChI is InChI=1S/C30H26F6O/c1-2-3-4-19-5-8-21(9-6-19)23-13-14-25-24(17-23)12-11-22(28(25)33)10-7-20-15-26(31)29(27(32)16-20)37-18-30(34,35)36/h5-6,8-9,11-17H,2-4,7,10,18H2,1H3. The fourth-order valence-corrected chi connectivity index (χ4v) is 4.28. The van der Waals surface area contributed by atoms with E-state index in [1.165, 1.54) is 5.56 Å². The number of hydrogen-bond donors (Lipinski definition) is 0. The second kappa shape index (κ2) is 11.3. The number of unbranched alkanes of at least 4 members (excludes halogenated alkanes) is 1. The predicted molar refractivity (Wildman–Crippen MR) is 133 cm³/mol. The Bertz CT molecular complexity index is 1350. The van der Waals surface area contributed by atoms with Gasteiger partial charge in [-0.1, -0.05) is 61.9 Å². The van der Waals surface area contributed by atoms with E-state index in [1.54, 1.807) is 12.1 Å². The average molecular weight is 517 g/mol. The van der Waals surface area contributed by atoms with Crippen molar-refractivity contribution >= 4 is 10.8 Å². The Morgan fingerprint density at radius 1 is 0.703 bits per heavy atom. The normalized spacial score (nSPS) is 11.8. The lowest BCUT2D eigenvalue weighted by Crippen LogP contribution is -2.20. The highest BCUT2D eigenvalue weighted by Gasteiger charge is 2.30. The van der Waals surface area contributed by atoms with Gasteiger partial charge in [0.05, 0.1) is 0 Å². The van der Waals surface area contributed by atoms with E-state index < -0.39 is 36.0 Å². The molecule has 194 valence electrons. The molecule has 0 fully saturated rings. The maximum absolute atomic E-state index is 15.2. The van der Waals surface area contributed by atoms with Crippen molar-refractivity contribution < 1.29 is 31.1 Å². The number of benzene rings is 4. The first-order chi connectivity index (χ1) is 17.6. The van der Waals surface area contributed by atoms with Crippen LogP contribution in [0, 0.1) is 17.5 Å². The summed E-state index contributed by atoms with van der Waals surface area (Å²) in [7, 11) is 0. The van der Waals surface area contributed by atoms with Crippen LogP contribution in [0.5, 0.6) is 5.75 Å². The minimum Gasteiger partial charge on any atom is -0.478 e. The molecule has 0 aliphatic rings. The molecule has 37 heavy (non-hydrogen) atoms. The van der Waals surface area contributed by atoms with Gasteiger partial charge in [-0.05, 0) is 77.1 Å². The highest BCUT2D eigenvalue weighted by molar-refractivity contribution is 5.88. The first-order valence-electron chi connectivity index (χ1n) is 12.1. The van der Waals surface area contributed by atoms with Crippen molar-refractivity contribution in [1.29, 1.82) is 0 Å². The number of ether oxygens (including phenoxy) is 1. The fourth-order valence-electron chi connectivity index (χ4n) is 4.28.